The number of ketones is 1. The lowest BCUT2D eigenvalue weighted by Gasteiger charge is -2.27. The topological polar surface area (TPSA) is 89.3 Å². The summed E-state index contributed by atoms with van der Waals surface area (Å²) in [4.78, 5) is 26.1. The monoisotopic (exact) mass is 451 g/mol. The fourth-order valence-corrected chi connectivity index (χ4v) is 4.11. The van der Waals surface area contributed by atoms with Crippen LogP contribution in [0.1, 0.15) is 22.8 Å². The largest absolute Gasteiger partial charge is 0.378 e. The molecule has 32 heavy (non-hydrogen) atoms. The van der Waals surface area contributed by atoms with Crippen LogP contribution in [0.5, 0.6) is 0 Å². The predicted octanol–water partition coefficient (Wildman–Crippen LogP) is 3.35. The first kappa shape index (κ1) is 22.0. The number of morpholine rings is 1. The molecule has 0 atom stereocenters. The van der Waals surface area contributed by atoms with Crippen molar-refractivity contribution < 1.29 is 14.3 Å². The van der Waals surface area contributed by atoms with Crippen molar-refractivity contribution in [3.05, 3.63) is 59.7 Å². The number of amides is 1. The Kier molecular flexibility index (Phi) is 6.87. The quantitative estimate of drug-likeness (QED) is 0.435. The van der Waals surface area contributed by atoms with E-state index in [0.717, 1.165) is 24.7 Å². The van der Waals surface area contributed by atoms with Crippen LogP contribution in [-0.2, 0) is 9.53 Å². The van der Waals surface area contributed by atoms with Gasteiger partial charge >= 0.3 is 0 Å². The van der Waals surface area contributed by atoms with Crippen LogP contribution >= 0.6 is 11.8 Å². The zero-order chi connectivity index (χ0) is 22.5. The number of anilines is 2. The van der Waals surface area contributed by atoms with Crippen molar-refractivity contribution in [3.8, 4) is 5.69 Å². The Labute approximate surface area is 191 Å². The standard InChI is InChI=1S/C23H25N5O3S/c1-16-3-9-20(10-4-16)28-22(27-11-13-31-14-12-27)25-26-23(28)32-15-21(30)24-19-7-5-18(6-8-19)17(2)29/h3-10H,11-15H2,1-2H3,(H,24,30). The lowest BCUT2D eigenvalue weighted by molar-refractivity contribution is -0.113. The van der Waals surface area contributed by atoms with E-state index in [0.29, 0.717) is 29.6 Å². The number of carbonyl (C=O) groups is 2. The number of hydrogen-bond donors (Lipinski definition) is 1. The minimum absolute atomic E-state index is 0.00931. The first-order valence-electron chi connectivity index (χ1n) is 10.4. The van der Waals surface area contributed by atoms with Crippen LogP contribution in [0.15, 0.2) is 53.7 Å². The molecule has 9 heteroatoms. The Morgan fingerprint density at radius 3 is 2.38 bits per heavy atom. The maximum atomic E-state index is 12.5. The fraction of sp³-hybridized carbons (Fsp3) is 0.304. The number of ether oxygens (including phenoxy) is 1. The zero-order valence-electron chi connectivity index (χ0n) is 18.1. The highest BCUT2D eigenvalue weighted by atomic mass is 32.2. The average molecular weight is 452 g/mol. The molecule has 0 radical (unpaired) electrons. The van der Waals surface area contributed by atoms with Gasteiger partial charge in [-0.3, -0.25) is 14.2 Å². The SMILES string of the molecule is CC(=O)c1ccc(NC(=O)CSc2nnc(N3CCOCC3)n2-c2ccc(C)cc2)cc1. The van der Waals surface area contributed by atoms with Gasteiger partial charge in [0.05, 0.1) is 24.7 Å². The van der Waals surface area contributed by atoms with E-state index in [1.807, 2.05) is 35.8 Å². The molecule has 1 N–H and O–H groups in total. The van der Waals surface area contributed by atoms with Crippen molar-refractivity contribution in [2.24, 2.45) is 0 Å². The second-order valence-corrected chi connectivity index (χ2v) is 8.47. The van der Waals surface area contributed by atoms with E-state index < -0.39 is 0 Å². The zero-order valence-corrected chi connectivity index (χ0v) is 18.9. The maximum Gasteiger partial charge on any atom is 0.234 e. The Morgan fingerprint density at radius 1 is 1.03 bits per heavy atom. The van der Waals surface area contributed by atoms with Crippen molar-refractivity contribution >= 4 is 35.1 Å². The number of thioether (sulfide) groups is 1. The van der Waals surface area contributed by atoms with Gasteiger partial charge in [-0.25, -0.2) is 0 Å². The summed E-state index contributed by atoms with van der Waals surface area (Å²) in [7, 11) is 0. The predicted molar refractivity (Wildman–Crippen MR) is 125 cm³/mol. The number of nitrogens with one attached hydrogen (secondary N) is 1. The summed E-state index contributed by atoms with van der Waals surface area (Å²) >= 11 is 1.33. The molecule has 2 heterocycles. The number of aromatic nitrogens is 3. The van der Waals surface area contributed by atoms with Gasteiger partial charge in [0.2, 0.25) is 11.9 Å². The Balaban J connectivity index is 1.50. The molecular weight excluding hydrogens is 426 g/mol. The van der Waals surface area contributed by atoms with Crippen molar-refractivity contribution in [1.82, 2.24) is 14.8 Å². The number of nitrogens with zero attached hydrogens (tertiary/aromatic N) is 4. The van der Waals surface area contributed by atoms with Gasteiger partial charge in [0, 0.05) is 24.3 Å². The van der Waals surface area contributed by atoms with Gasteiger partial charge in [-0.1, -0.05) is 29.5 Å². The van der Waals surface area contributed by atoms with Crippen molar-refractivity contribution in [2.75, 3.05) is 42.3 Å². The van der Waals surface area contributed by atoms with Crippen LogP contribution in [0.4, 0.5) is 11.6 Å². The van der Waals surface area contributed by atoms with Gasteiger partial charge in [0.15, 0.2) is 10.9 Å². The molecule has 0 aliphatic carbocycles. The van der Waals surface area contributed by atoms with Gasteiger partial charge in [0.25, 0.3) is 0 Å². The van der Waals surface area contributed by atoms with Crippen LogP contribution in [0.25, 0.3) is 5.69 Å². The second-order valence-electron chi connectivity index (χ2n) is 7.52. The normalized spacial score (nSPS) is 13.8. The van der Waals surface area contributed by atoms with Crippen molar-refractivity contribution in [2.45, 2.75) is 19.0 Å². The first-order valence-corrected chi connectivity index (χ1v) is 11.4. The molecule has 4 rings (SSSR count). The molecule has 0 bridgehead atoms. The van der Waals surface area contributed by atoms with E-state index in [4.69, 9.17) is 4.74 Å². The maximum absolute atomic E-state index is 12.5. The number of aryl methyl sites for hydroxylation is 1. The third-order valence-corrected chi connectivity index (χ3v) is 6.04. The number of benzene rings is 2. The minimum atomic E-state index is -0.156. The van der Waals surface area contributed by atoms with E-state index in [-0.39, 0.29) is 17.4 Å². The molecule has 1 aliphatic rings. The smallest absolute Gasteiger partial charge is 0.234 e. The highest BCUT2D eigenvalue weighted by molar-refractivity contribution is 7.99. The molecule has 1 saturated heterocycles. The van der Waals surface area contributed by atoms with E-state index in [1.165, 1.54) is 24.2 Å². The second kappa shape index (κ2) is 9.97. The van der Waals surface area contributed by atoms with Gasteiger partial charge < -0.3 is 15.0 Å². The van der Waals surface area contributed by atoms with Crippen molar-refractivity contribution in [3.63, 3.8) is 0 Å². The lowest BCUT2D eigenvalue weighted by Crippen LogP contribution is -2.37. The van der Waals surface area contributed by atoms with E-state index in [1.54, 1.807) is 24.3 Å². The average Bonchev–Trinajstić information content (AvgIpc) is 3.23. The van der Waals surface area contributed by atoms with Crippen LogP contribution in [-0.4, -0.2) is 58.5 Å². The number of rotatable bonds is 7. The third-order valence-electron chi connectivity index (χ3n) is 5.11. The Hall–Kier alpha value is -3.17. The number of carbonyl (C=O) groups excluding carboxylic acids is 2. The molecule has 3 aromatic rings. The summed E-state index contributed by atoms with van der Waals surface area (Å²) in [6.45, 7) is 6.33. The van der Waals surface area contributed by atoms with E-state index >= 15 is 0 Å². The van der Waals surface area contributed by atoms with Gasteiger partial charge in [-0.05, 0) is 50.2 Å². The van der Waals surface area contributed by atoms with Crippen LogP contribution < -0.4 is 10.2 Å². The van der Waals surface area contributed by atoms with Crippen LogP contribution in [0.2, 0.25) is 0 Å². The molecule has 0 spiro atoms. The van der Waals surface area contributed by atoms with Gasteiger partial charge in [-0.2, -0.15) is 0 Å². The molecular formula is C23H25N5O3S. The Bertz CT molecular complexity index is 1090. The summed E-state index contributed by atoms with van der Waals surface area (Å²) in [5, 5.41) is 12.3. The molecule has 1 aromatic heterocycles. The molecule has 166 valence electrons. The highest BCUT2D eigenvalue weighted by Crippen LogP contribution is 2.27. The molecule has 1 aliphatic heterocycles. The minimum Gasteiger partial charge on any atom is -0.378 e. The number of Topliss-reactive ketones (excluding diaryl/α,β-unsaturated/α-hetero) is 1. The first-order chi connectivity index (χ1) is 15.5. The summed E-state index contributed by atoms with van der Waals surface area (Å²) in [5.74, 6) is 0.767. The summed E-state index contributed by atoms with van der Waals surface area (Å²) in [6, 6.07) is 15.0. The summed E-state index contributed by atoms with van der Waals surface area (Å²) < 4.78 is 7.46. The number of hydrogen-bond acceptors (Lipinski definition) is 7. The fourth-order valence-electron chi connectivity index (χ4n) is 3.36. The Morgan fingerprint density at radius 2 is 1.72 bits per heavy atom. The van der Waals surface area contributed by atoms with Crippen LogP contribution in [0, 0.1) is 6.92 Å². The van der Waals surface area contributed by atoms with Crippen LogP contribution in [0.3, 0.4) is 0 Å². The lowest BCUT2D eigenvalue weighted by atomic mass is 10.1. The molecule has 8 nitrogen and oxygen atoms in total. The molecule has 0 unspecified atom stereocenters. The summed E-state index contributed by atoms with van der Waals surface area (Å²) in [6.07, 6.45) is 0. The third kappa shape index (κ3) is 5.17. The van der Waals surface area contributed by atoms with E-state index in [2.05, 4.69) is 20.4 Å². The van der Waals surface area contributed by atoms with Gasteiger partial charge in [0.1, 0.15) is 0 Å². The molecule has 1 amide bonds. The summed E-state index contributed by atoms with van der Waals surface area (Å²) in [5.41, 5.74) is 3.37. The van der Waals surface area contributed by atoms with E-state index in [9.17, 15) is 9.59 Å². The van der Waals surface area contributed by atoms with Gasteiger partial charge in [-0.15, -0.1) is 10.2 Å². The van der Waals surface area contributed by atoms with Crippen molar-refractivity contribution in [1.29, 1.82) is 0 Å². The molecule has 2 aromatic carbocycles. The molecule has 0 saturated carbocycles. The molecule has 1 fully saturated rings. The highest BCUT2D eigenvalue weighted by Gasteiger charge is 2.22.